The van der Waals surface area contributed by atoms with Gasteiger partial charge in [-0.3, -0.25) is 15.8 Å². The van der Waals surface area contributed by atoms with Crippen molar-refractivity contribution in [1.29, 1.82) is 10.8 Å². The van der Waals surface area contributed by atoms with Crippen LogP contribution >= 0.6 is 23.5 Å². The Morgan fingerprint density at radius 2 is 1.26 bits per heavy atom. The average Bonchev–Trinajstić information content (AvgIpc) is 3.51. The Kier molecular flexibility index (Phi) is 6.50. The molecule has 0 amide bonds. The SMILES string of the molecule is [Cl-].[N-]=C1c2ccccc2/C(=C2\SC(=N)N=C2N)N1C1=N/C(=C2/SC(=N)N=C2N)c2ccccc21.[Ni+2]. The van der Waals surface area contributed by atoms with Crippen LogP contribution in [0.4, 0.5) is 0 Å². The van der Waals surface area contributed by atoms with E-state index in [4.69, 9.17) is 27.3 Å². The number of thioether (sulfide) groups is 2. The number of nitrogens with two attached hydrogens (primary N) is 2. The summed E-state index contributed by atoms with van der Waals surface area (Å²) in [6.45, 7) is 0. The molecule has 0 aromatic heterocycles. The number of hydrogen-bond donors (Lipinski definition) is 4. The van der Waals surface area contributed by atoms with E-state index in [1.807, 2.05) is 48.5 Å². The summed E-state index contributed by atoms with van der Waals surface area (Å²) >= 11 is 2.29. The Bertz CT molecular complexity index is 1510. The van der Waals surface area contributed by atoms with Gasteiger partial charge in [-0.1, -0.05) is 48.5 Å². The molecular weight excluding hydrogens is 549 g/mol. The zero-order valence-electron chi connectivity index (χ0n) is 17.5. The van der Waals surface area contributed by atoms with Gasteiger partial charge in [-0.25, -0.2) is 9.98 Å². The fourth-order valence-corrected chi connectivity index (χ4v) is 5.64. The number of benzene rings is 2. The maximum Gasteiger partial charge on any atom is 2.00 e. The number of halogens is 1. The Hall–Kier alpha value is -3.18. The molecule has 6 N–H and O–H groups in total. The van der Waals surface area contributed by atoms with Crippen molar-refractivity contribution in [3.63, 3.8) is 0 Å². The molecule has 2 aromatic rings. The van der Waals surface area contributed by atoms with Gasteiger partial charge in [0.05, 0.1) is 21.3 Å². The summed E-state index contributed by atoms with van der Waals surface area (Å²) in [5.41, 5.74) is 16.5. The van der Waals surface area contributed by atoms with Gasteiger partial charge in [-0.2, -0.15) is 0 Å². The third-order valence-corrected chi connectivity index (χ3v) is 7.23. The second-order valence-corrected chi connectivity index (χ2v) is 9.35. The number of fused-ring (bicyclic) bond motifs is 2. The van der Waals surface area contributed by atoms with Crippen LogP contribution < -0.4 is 23.9 Å². The molecule has 35 heavy (non-hydrogen) atoms. The third kappa shape index (κ3) is 3.73. The minimum atomic E-state index is 0. The molecule has 0 spiro atoms. The van der Waals surface area contributed by atoms with E-state index in [0.29, 0.717) is 32.6 Å². The molecule has 0 radical (unpaired) electrons. The minimum absolute atomic E-state index is 0. The molecule has 0 unspecified atom stereocenters. The van der Waals surface area contributed by atoms with Crippen LogP contribution in [0.5, 0.6) is 0 Å². The van der Waals surface area contributed by atoms with E-state index < -0.39 is 0 Å². The molecule has 0 atom stereocenters. The minimum Gasteiger partial charge on any atom is -1.00 e. The van der Waals surface area contributed by atoms with Crippen molar-refractivity contribution >= 4 is 68.6 Å². The molecule has 4 aliphatic heterocycles. The van der Waals surface area contributed by atoms with Crippen LogP contribution in [0.3, 0.4) is 0 Å². The van der Waals surface area contributed by atoms with E-state index >= 15 is 0 Å². The van der Waals surface area contributed by atoms with Crippen LogP contribution in [0.25, 0.3) is 16.8 Å². The van der Waals surface area contributed by atoms with Gasteiger partial charge in [0, 0.05) is 11.1 Å². The molecule has 2 aromatic carbocycles. The molecule has 4 heterocycles. The van der Waals surface area contributed by atoms with Gasteiger partial charge < -0.3 is 34.2 Å². The third-order valence-electron chi connectivity index (χ3n) is 5.45. The second-order valence-electron chi connectivity index (χ2n) is 7.35. The van der Waals surface area contributed by atoms with Gasteiger partial charge in [0.25, 0.3) is 0 Å². The van der Waals surface area contributed by atoms with E-state index in [1.165, 1.54) is 0 Å². The van der Waals surface area contributed by atoms with Crippen LogP contribution in [-0.4, -0.2) is 38.6 Å². The molecule has 13 heteroatoms. The van der Waals surface area contributed by atoms with Crippen molar-refractivity contribution in [3.8, 4) is 0 Å². The number of aliphatic imine (C=N–C) groups is 3. The molecule has 0 saturated carbocycles. The van der Waals surface area contributed by atoms with E-state index in [9.17, 15) is 5.41 Å². The molecule has 0 saturated heterocycles. The summed E-state index contributed by atoms with van der Waals surface area (Å²) in [6, 6.07) is 15.1. The fraction of sp³-hybridized carbons (Fsp3) is 0. The average molecular weight is 563 g/mol. The van der Waals surface area contributed by atoms with Gasteiger partial charge in [0.2, 0.25) is 0 Å². The Morgan fingerprint density at radius 3 is 1.83 bits per heavy atom. The first-order valence-corrected chi connectivity index (χ1v) is 11.4. The van der Waals surface area contributed by atoms with E-state index in [0.717, 1.165) is 40.2 Å². The number of amidine groups is 6. The van der Waals surface area contributed by atoms with Crippen molar-refractivity contribution in [2.24, 2.45) is 26.4 Å². The van der Waals surface area contributed by atoms with Crippen molar-refractivity contribution in [2.45, 2.75) is 0 Å². The van der Waals surface area contributed by atoms with Gasteiger partial charge in [-0.15, -0.1) is 0 Å². The summed E-state index contributed by atoms with van der Waals surface area (Å²) in [5, 5.41) is 27.4. The first-order chi connectivity index (χ1) is 15.9. The molecule has 4 aliphatic rings. The Balaban J connectivity index is 0.00000144. The van der Waals surface area contributed by atoms with Crippen LogP contribution in [0, 0.1) is 10.8 Å². The topological polar surface area (TPSA) is 162 Å². The Morgan fingerprint density at radius 1 is 0.743 bits per heavy atom. The summed E-state index contributed by atoms with van der Waals surface area (Å²) in [6.07, 6.45) is 0. The molecule has 0 aliphatic carbocycles. The number of rotatable bonds is 0. The summed E-state index contributed by atoms with van der Waals surface area (Å²) in [5.74, 6) is 0.958. The first kappa shape index (κ1) is 24.9. The van der Waals surface area contributed by atoms with Gasteiger partial charge in [0.1, 0.15) is 11.7 Å². The number of nitrogens with one attached hydrogen (secondary N) is 2. The summed E-state index contributed by atoms with van der Waals surface area (Å²) < 4.78 is 0. The monoisotopic (exact) mass is 561 g/mol. The van der Waals surface area contributed by atoms with Crippen LogP contribution in [0.2, 0.25) is 0 Å². The standard InChI is InChI=1S/C22H14N9S2.ClH.Ni/c23-17-15(32-21(26)29-17)13-9-5-1-4-8-12(9)20(28-13)31-14(16-18(24)30-22(27)33-16)10-6-2-3-7-11(10)19(31)25;;/h1-8H,(H3,23,26,29)(H3,24,27,30);1H;/q-1;;+2/p-1/b15-13+,16-14+;;. The van der Waals surface area contributed by atoms with Crippen molar-refractivity contribution in [2.75, 3.05) is 0 Å². The quantitative estimate of drug-likeness (QED) is 0.337. The predicted molar refractivity (Wildman–Crippen MR) is 136 cm³/mol. The van der Waals surface area contributed by atoms with E-state index in [-0.39, 0.29) is 56.7 Å². The molecule has 0 bridgehead atoms. The maximum absolute atomic E-state index is 11.3. The van der Waals surface area contributed by atoms with Crippen LogP contribution in [0.1, 0.15) is 22.3 Å². The van der Waals surface area contributed by atoms with Crippen molar-refractivity contribution in [1.82, 2.24) is 4.90 Å². The summed E-state index contributed by atoms with van der Waals surface area (Å²) in [4.78, 5) is 15.8. The fourth-order valence-electron chi connectivity index (χ4n) is 4.12. The molecule has 176 valence electrons. The molecular formula is C22H14ClN9NiS2. The predicted octanol–water partition coefficient (Wildman–Crippen LogP) is 0.195. The summed E-state index contributed by atoms with van der Waals surface area (Å²) in [7, 11) is 0. The second kappa shape index (κ2) is 9.12. The number of hydrogen-bond acceptors (Lipinski definition) is 7. The van der Waals surface area contributed by atoms with Crippen LogP contribution in [0.15, 0.2) is 73.3 Å². The van der Waals surface area contributed by atoms with Crippen molar-refractivity contribution < 1.29 is 28.9 Å². The number of nitrogens with zero attached hydrogens (tertiary/aromatic N) is 5. The largest absolute Gasteiger partial charge is 2.00 e. The zero-order valence-corrected chi connectivity index (χ0v) is 20.9. The van der Waals surface area contributed by atoms with Gasteiger partial charge in [0.15, 0.2) is 10.3 Å². The van der Waals surface area contributed by atoms with Gasteiger partial charge >= 0.3 is 16.5 Å². The smallest absolute Gasteiger partial charge is 1.00 e. The molecule has 6 rings (SSSR count). The van der Waals surface area contributed by atoms with Crippen molar-refractivity contribution in [3.05, 3.63) is 86.0 Å². The zero-order chi connectivity index (χ0) is 22.9. The molecule has 0 fully saturated rings. The normalized spacial score (nSPS) is 22.3. The first-order valence-electron chi connectivity index (χ1n) is 9.78. The Labute approximate surface area is 224 Å². The van der Waals surface area contributed by atoms with Gasteiger partial charge in [-0.05, 0) is 46.2 Å². The maximum atomic E-state index is 11.3. The van der Waals surface area contributed by atoms with Crippen LogP contribution in [-0.2, 0) is 16.5 Å². The van der Waals surface area contributed by atoms with E-state index in [2.05, 4.69) is 9.98 Å². The molecule has 9 nitrogen and oxygen atoms in total. The van der Waals surface area contributed by atoms with E-state index in [1.54, 1.807) is 4.90 Å².